The largest absolute Gasteiger partial charge is 0.508 e. The number of hydrogen-bond acceptors (Lipinski definition) is 6. The van der Waals surface area contributed by atoms with Gasteiger partial charge in [0.1, 0.15) is 35.7 Å². The van der Waals surface area contributed by atoms with Gasteiger partial charge in [0, 0.05) is 23.7 Å². The van der Waals surface area contributed by atoms with E-state index < -0.39 is 5.41 Å². The van der Waals surface area contributed by atoms with Crippen LogP contribution in [0.1, 0.15) is 69.8 Å². The lowest BCUT2D eigenvalue weighted by atomic mass is 9.86. The Kier molecular flexibility index (Phi) is 8.17. The van der Waals surface area contributed by atoms with Gasteiger partial charge in [-0.1, -0.05) is 30.7 Å². The van der Waals surface area contributed by atoms with Crippen LogP contribution in [0.3, 0.4) is 0 Å². The van der Waals surface area contributed by atoms with E-state index in [0.29, 0.717) is 18.1 Å². The van der Waals surface area contributed by atoms with Gasteiger partial charge in [-0.25, -0.2) is 0 Å². The van der Waals surface area contributed by atoms with Gasteiger partial charge in [-0.3, -0.25) is 9.69 Å². The zero-order valence-corrected chi connectivity index (χ0v) is 23.9. The normalized spacial score (nSPS) is 17.6. The number of aromatic hydroxyl groups is 1. The Bertz CT molecular complexity index is 1360. The van der Waals surface area contributed by atoms with Crippen molar-refractivity contribution in [1.29, 1.82) is 0 Å². The fraction of sp³-hybridized carbons (Fsp3) is 0.382. The maximum atomic E-state index is 12.4. The van der Waals surface area contributed by atoms with Gasteiger partial charge in [-0.05, 0) is 107 Å². The molecule has 40 heavy (non-hydrogen) atoms. The number of fused-ring (bicyclic) bond motifs is 1. The molecule has 2 aliphatic rings. The molecule has 1 saturated heterocycles. The molecule has 1 N–H and O–H groups in total. The van der Waals surface area contributed by atoms with Crippen molar-refractivity contribution in [2.45, 2.75) is 53.1 Å². The van der Waals surface area contributed by atoms with E-state index in [0.717, 1.165) is 53.2 Å². The number of ether oxygens (including phenoxy) is 3. The molecule has 6 nitrogen and oxygen atoms in total. The second-order valence-corrected chi connectivity index (χ2v) is 11.7. The Labute approximate surface area is 237 Å². The van der Waals surface area contributed by atoms with Crippen LogP contribution in [0, 0.1) is 5.41 Å². The molecule has 1 atom stereocenters. The highest BCUT2D eigenvalue weighted by atomic mass is 16.5. The van der Waals surface area contributed by atoms with Crippen molar-refractivity contribution in [2.75, 3.05) is 26.2 Å². The van der Waals surface area contributed by atoms with E-state index >= 15 is 0 Å². The zero-order chi connectivity index (χ0) is 28.3. The molecule has 0 spiro atoms. The van der Waals surface area contributed by atoms with Gasteiger partial charge in [0.15, 0.2) is 0 Å². The predicted molar refractivity (Wildman–Crippen MR) is 158 cm³/mol. The summed E-state index contributed by atoms with van der Waals surface area (Å²) in [7, 11) is 0. The van der Waals surface area contributed by atoms with Crippen molar-refractivity contribution in [3.8, 4) is 23.0 Å². The maximum Gasteiger partial charge on any atom is 0.316 e. The molecule has 0 aromatic heterocycles. The number of esters is 1. The van der Waals surface area contributed by atoms with Gasteiger partial charge in [0.2, 0.25) is 0 Å². The monoisotopic (exact) mass is 541 g/mol. The van der Waals surface area contributed by atoms with Crippen LogP contribution in [-0.4, -0.2) is 42.2 Å². The molecule has 0 saturated carbocycles. The van der Waals surface area contributed by atoms with E-state index in [1.807, 2.05) is 75.4 Å². The van der Waals surface area contributed by atoms with Crippen LogP contribution in [0.4, 0.5) is 0 Å². The third-order valence-corrected chi connectivity index (χ3v) is 7.58. The third kappa shape index (κ3) is 6.34. The molecular weight excluding hydrogens is 502 g/mol. The molecule has 0 aliphatic carbocycles. The van der Waals surface area contributed by atoms with Gasteiger partial charge in [0.25, 0.3) is 0 Å². The highest BCUT2D eigenvalue weighted by Crippen LogP contribution is 2.47. The lowest BCUT2D eigenvalue weighted by molar-refractivity contribution is -0.143. The Hall–Kier alpha value is -3.77. The molecule has 3 aromatic carbocycles. The zero-order valence-electron chi connectivity index (χ0n) is 23.9. The number of carbonyl (C=O) groups excluding carboxylic acids is 1. The standard InChI is InChI=1S/C34H39NO5/c1-23-29-17-12-26(36)22-30(29)40-32(31(23)24-8-15-28(16-9-24)39-33(37)34(2,3)4)25-10-13-27(14-11-25)38-21-20-35-18-6-5-7-19-35/h8-17,22,32,36H,5-7,18-21H2,1-4H3. The number of likely N-dealkylation sites (tertiary alicyclic amines) is 1. The van der Waals surface area contributed by atoms with E-state index in [1.165, 1.54) is 19.3 Å². The summed E-state index contributed by atoms with van der Waals surface area (Å²) in [4.78, 5) is 14.8. The number of rotatable bonds is 7. The second-order valence-electron chi connectivity index (χ2n) is 11.7. The first kappa shape index (κ1) is 27.8. The summed E-state index contributed by atoms with van der Waals surface area (Å²) in [6, 6.07) is 20.9. The number of phenols is 1. The average molecular weight is 542 g/mol. The van der Waals surface area contributed by atoms with Crippen molar-refractivity contribution < 1.29 is 24.1 Å². The summed E-state index contributed by atoms with van der Waals surface area (Å²) in [5.41, 5.74) is 4.38. The number of nitrogens with zero attached hydrogens (tertiary/aromatic N) is 1. The minimum Gasteiger partial charge on any atom is -0.508 e. The topological polar surface area (TPSA) is 68.2 Å². The third-order valence-electron chi connectivity index (χ3n) is 7.58. The molecular formula is C34H39NO5. The van der Waals surface area contributed by atoms with Crippen LogP contribution in [0.5, 0.6) is 23.0 Å². The van der Waals surface area contributed by atoms with Crippen LogP contribution >= 0.6 is 0 Å². The number of allylic oxidation sites excluding steroid dienone is 1. The number of carbonyl (C=O) groups is 1. The van der Waals surface area contributed by atoms with Crippen molar-refractivity contribution in [1.82, 2.24) is 4.90 Å². The first-order valence-electron chi connectivity index (χ1n) is 14.2. The van der Waals surface area contributed by atoms with Crippen molar-refractivity contribution in [3.63, 3.8) is 0 Å². The van der Waals surface area contributed by atoms with Crippen molar-refractivity contribution in [2.24, 2.45) is 5.41 Å². The summed E-state index contributed by atoms with van der Waals surface area (Å²) in [5, 5.41) is 10.1. The first-order chi connectivity index (χ1) is 19.2. The Morgan fingerprint density at radius 2 is 1.62 bits per heavy atom. The quantitative estimate of drug-likeness (QED) is 0.251. The molecule has 1 fully saturated rings. The van der Waals surface area contributed by atoms with Gasteiger partial charge in [0.05, 0.1) is 5.41 Å². The number of phenolic OH excluding ortho intramolecular Hbond substituents is 1. The van der Waals surface area contributed by atoms with E-state index in [-0.39, 0.29) is 17.8 Å². The maximum absolute atomic E-state index is 12.4. The second kappa shape index (κ2) is 11.8. The summed E-state index contributed by atoms with van der Waals surface area (Å²) >= 11 is 0. The summed E-state index contributed by atoms with van der Waals surface area (Å²) in [5.74, 6) is 1.87. The molecule has 1 unspecified atom stereocenters. The van der Waals surface area contributed by atoms with Crippen molar-refractivity contribution in [3.05, 3.63) is 83.4 Å². The molecule has 210 valence electrons. The highest BCUT2D eigenvalue weighted by Gasteiger charge is 2.30. The number of piperidine rings is 1. The van der Waals surface area contributed by atoms with Crippen LogP contribution < -0.4 is 14.2 Å². The summed E-state index contributed by atoms with van der Waals surface area (Å²) in [6.45, 7) is 11.5. The minimum absolute atomic E-state index is 0.163. The number of hydrogen-bond donors (Lipinski definition) is 1. The SMILES string of the molecule is CC1=C(c2ccc(OC(=O)C(C)(C)C)cc2)C(c2ccc(OCCN3CCCCC3)cc2)Oc2cc(O)ccc21. The Balaban J connectivity index is 1.39. The summed E-state index contributed by atoms with van der Waals surface area (Å²) in [6.07, 6.45) is 3.49. The van der Waals surface area contributed by atoms with Crippen LogP contribution in [0.2, 0.25) is 0 Å². The van der Waals surface area contributed by atoms with E-state index in [4.69, 9.17) is 14.2 Å². The van der Waals surface area contributed by atoms with Crippen LogP contribution in [0.15, 0.2) is 66.7 Å². The molecule has 6 heteroatoms. The van der Waals surface area contributed by atoms with E-state index in [1.54, 1.807) is 12.1 Å². The molecule has 2 heterocycles. The fourth-order valence-corrected chi connectivity index (χ4v) is 5.23. The minimum atomic E-state index is -0.585. The first-order valence-corrected chi connectivity index (χ1v) is 14.2. The number of benzene rings is 3. The predicted octanol–water partition coefficient (Wildman–Crippen LogP) is 7.27. The van der Waals surface area contributed by atoms with Crippen molar-refractivity contribution >= 4 is 17.1 Å². The summed E-state index contributed by atoms with van der Waals surface area (Å²) < 4.78 is 18.2. The molecule has 0 amide bonds. The lowest BCUT2D eigenvalue weighted by Gasteiger charge is -2.31. The molecule has 5 rings (SSSR count). The average Bonchev–Trinajstić information content (AvgIpc) is 2.94. The highest BCUT2D eigenvalue weighted by molar-refractivity contribution is 5.95. The van der Waals surface area contributed by atoms with Gasteiger partial charge < -0.3 is 19.3 Å². The van der Waals surface area contributed by atoms with Crippen LogP contribution in [0.25, 0.3) is 11.1 Å². The molecule has 0 radical (unpaired) electrons. The molecule has 0 bridgehead atoms. The lowest BCUT2D eigenvalue weighted by Crippen LogP contribution is -2.33. The smallest absolute Gasteiger partial charge is 0.316 e. The Morgan fingerprint density at radius 1 is 0.950 bits per heavy atom. The van der Waals surface area contributed by atoms with E-state index in [2.05, 4.69) is 11.8 Å². The van der Waals surface area contributed by atoms with E-state index in [9.17, 15) is 9.90 Å². The molecule has 2 aliphatic heterocycles. The van der Waals surface area contributed by atoms with Crippen LogP contribution in [-0.2, 0) is 4.79 Å². The van der Waals surface area contributed by atoms with Gasteiger partial charge in [-0.15, -0.1) is 0 Å². The molecule has 3 aromatic rings. The van der Waals surface area contributed by atoms with Gasteiger partial charge in [-0.2, -0.15) is 0 Å². The Morgan fingerprint density at radius 3 is 2.30 bits per heavy atom. The fourth-order valence-electron chi connectivity index (χ4n) is 5.23. The van der Waals surface area contributed by atoms with Gasteiger partial charge >= 0.3 is 5.97 Å².